The molecular formula is C36H58N2O7S. The van der Waals surface area contributed by atoms with Gasteiger partial charge in [-0.1, -0.05) is 27.7 Å². The number of fused-ring (bicyclic) bond motifs is 4. The summed E-state index contributed by atoms with van der Waals surface area (Å²) in [6.45, 7) is 11.1. The molecule has 10 heteroatoms. The molecule has 2 aliphatic heterocycles. The predicted molar refractivity (Wildman–Crippen MR) is 173 cm³/mol. The Labute approximate surface area is 275 Å². The third kappa shape index (κ3) is 4.47. The first-order valence-electron chi connectivity index (χ1n) is 18.4. The summed E-state index contributed by atoms with van der Waals surface area (Å²) in [5, 5.41) is 12.2. The number of amides is 1. The zero-order valence-electron chi connectivity index (χ0n) is 28.7. The number of aliphatic hydroxyl groups is 1. The molecule has 13 atom stereocenters. The van der Waals surface area contributed by atoms with Crippen molar-refractivity contribution < 1.29 is 32.5 Å². The number of sulfone groups is 1. The standard InChI is InChI=1S/C36H58N2O7S/c1-21-16-23(19-46(5,41)42)44-30-29(21)33(4)12-13-35-20-34(35)11-10-26(32(2,3)24(34)8-9-25(35)36(33,37)31(30)40)45-28-18-38(14-15-43-28)27(39)17-22-6-7-22/h21-26,28-31,40H,6-20,37H2,1-5H3/t21-,23-,24+,25?,26+,28+,29+,30+,31+,33?,34?,35?,36+/m1/s1. The Morgan fingerprint density at radius 3 is 2.48 bits per heavy atom. The van der Waals surface area contributed by atoms with Crippen LogP contribution >= 0.6 is 0 Å². The van der Waals surface area contributed by atoms with E-state index in [0.29, 0.717) is 44.4 Å². The van der Waals surface area contributed by atoms with Crippen LogP contribution in [0.25, 0.3) is 0 Å². The minimum atomic E-state index is -3.19. The van der Waals surface area contributed by atoms with E-state index >= 15 is 0 Å². The maximum atomic E-state index is 12.9. The number of carbonyl (C=O) groups excluding carboxylic acids is 1. The van der Waals surface area contributed by atoms with E-state index in [1.807, 2.05) is 4.90 Å². The van der Waals surface area contributed by atoms with Crippen LogP contribution in [0.4, 0.5) is 0 Å². The quantitative estimate of drug-likeness (QED) is 0.439. The number of morpholine rings is 1. The first kappa shape index (κ1) is 32.4. The van der Waals surface area contributed by atoms with Gasteiger partial charge >= 0.3 is 0 Å². The summed E-state index contributed by atoms with van der Waals surface area (Å²) in [7, 11) is -3.19. The number of nitrogens with zero attached hydrogens (tertiary/aromatic N) is 1. The van der Waals surface area contributed by atoms with E-state index in [1.165, 1.54) is 25.5 Å². The van der Waals surface area contributed by atoms with Crippen molar-refractivity contribution in [3.8, 4) is 0 Å². The van der Waals surface area contributed by atoms with Gasteiger partial charge in [0.25, 0.3) is 0 Å². The van der Waals surface area contributed by atoms with Crippen molar-refractivity contribution in [2.45, 2.75) is 135 Å². The van der Waals surface area contributed by atoms with Crippen molar-refractivity contribution in [1.29, 1.82) is 0 Å². The molecular weight excluding hydrogens is 604 g/mol. The fourth-order valence-corrected chi connectivity index (χ4v) is 14.4. The number of rotatable bonds is 6. The predicted octanol–water partition coefficient (Wildman–Crippen LogP) is 3.91. The maximum absolute atomic E-state index is 12.9. The fourth-order valence-electron chi connectivity index (χ4n) is 13.5. The number of carbonyl (C=O) groups is 1. The van der Waals surface area contributed by atoms with Crippen LogP contribution in [-0.4, -0.2) is 92.3 Å². The highest BCUT2D eigenvalue weighted by molar-refractivity contribution is 7.90. The molecule has 0 aromatic rings. The van der Waals surface area contributed by atoms with Gasteiger partial charge in [0.1, 0.15) is 9.84 Å². The van der Waals surface area contributed by atoms with Crippen LogP contribution in [0.15, 0.2) is 0 Å². The Bertz CT molecular complexity index is 1370. The van der Waals surface area contributed by atoms with Crippen LogP contribution in [0.5, 0.6) is 0 Å². The van der Waals surface area contributed by atoms with Gasteiger partial charge in [0.05, 0.1) is 48.9 Å². The molecule has 0 aromatic heterocycles. The third-order valence-corrected chi connectivity index (χ3v) is 16.6. The van der Waals surface area contributed by atoms with Gasteiger partial charge in [-0.15, -0.1) is 0 Å². The zero-order valence-corrected chi connectivity index (χ0v) is 29.5. The molecule has 2 spiro atoms. The lowest BCUT2D eigenvalue weighted by Crippen LogP contribution is -2.70. The second kappa shape index (κ2) is 10.4. The Hall–Kier alpha value is -0.780. The molecule has 8 rings (SSSR count). The van der Waals surface area contributed by atoms with Gasteiger partial charge in [0, 0.05) is 19.2 Å². The summed E-state index contributed by atoms with van der Waals surface area (Å²) in [6, 6.07) is 0. The Balaban J connectivity index is 1.01. The number of aliphatic hydroxyl groups excluding tert-OH is 1. The van der Waals surface area contributed by atoms with Gasteiger partial charge in [-0.25, -0.2) is 8.42 Å². The molecule has 4 unspecified atom stereocenters. The Kier molecular flexibility index (Phi) is 7.31. The van der Waals surface area contributed by atoms with Gasteiger partial charge in [-0.2, -0.15) is 0 Å². The highest BCUT2D eigenvalue weighted by atomic mass is 32.2. The molecule has 6 saturated carbocycles. The number of hydrogen-bond donors (Lipinski definition) is 2. The van der Waals surface area contributed by atoms with Crippen molar-refractivity contribution in [1.82, 2.24) is 4.90 Å². The molecule has 9 nitrogen and oxygen atoms in total. The molecule has 6 aliphatic carbocycles. The molecule has 2 saturated heterocycles. The summed E-state index contributed by atoms with van der Waals surface area (Å²) in [4.78, 5) is 14.8. The van der Waals surface area contributed by atoms with Crippen molar-refractivity contribution in [3.63, 3.8) is 0 Å². The highest BCUT2D eigenvalue weighted by Gasteiger charge is 2.85. The first-order chi connectivity index (χ1) is 21.6. The largest absolute Gasteiger partial charge is 0.388 e. The van der Waals surface area contributed by atoms with Crippen LogP contribution in [0, 0.1) is 51.2 Å². The number of ether oxygens (including phenoxy) is 3. The third-order valence-electron chi connectivity index (χ3n) is 15.7. The van der Waals surface area contributed by atoms with E-state index < -0.39 is 33.7 Å². The smallest absolute Gasteiger partial charge is 0.223 e. The number of nitrogens with two attached hydrogens (primary N) is 1. The van der Waals surface area contributed by atoms with E-state index in [2.05, 4.69) is 27.7 Å². The normalized spacial score (nSPS) is 52.5. The lowest BCUT2D eigenvalue weighted by molar-refractivity contribution is -0.245. The highest BCUT2D eigenvalue weighted by Crippen LogP contribution is 2.87. The lowest BCUT2D eigenvalue weighted by atomic mass is 9.43. The average Bonchev–Trinajstić information content (AvgIpc) is 3.89. The lowest BCUT2D eigenvalue weighted by Gasteiger charge is -2.63. The minimum absolute atomic E-state index is 0.00125. The first-order valence-corrected chi connectivity index (χ1v) is 20.5. The summed E-state index contributed by atoms with van der Waals surface area (Å²) in [5.74, 6) is 1.92. The zero-order chi connectivity index (χ0) is 32.7. The molecule has 0 radical (unpaired) electrons. The van der Waals surface area contributed by atoms with E-state index in [4.69, 9.17) is 19.9 Å². The Morgan fingerprint density at radius 2 is 1.76 bits per heavy atom. The van der Waals surface area contributed by atoms with Crippen molar-refractivity contribution >= 4 is 15.7 Å². The fraction of sp³-hybridized carbons (Fsp3) is 0.972. The van der Waals surface area contributed by atoms with E-state index in [1.54, 1.807) is 0 Å². The molecule has 3 N–H and O–H groups in total. The summed E-state index contributed by atoms with van der Waals surface area (Å²) in [6.07, 6.45) is 10.6. The van der Waals surface area contributed by atoms with Gasteiger partial charge in [0.15, 0.2) is 6.29 Å². The monoisotopic (exact) mass is 662 g/mol. The maximum Gasteiger partial charge on any atom is 0.223 e. The number of hydrogen-bond acceptors (Lipinski definition) is 8. The van der Waals surface area contributed by atoms with Gasteiger partial charge in [0.2, 0.25) is 5.91 Å². The summed E-state index contributed by atoms with van der Waals surface area (Å²) >= 11 is 0. The van der Waals surface area contributed by atoms with E-state index in [-0.39, 0.29) is 63.5 Å². The molecule has 0 aromatic carbocycles. The Morgan fingerprint density at radius 1 is 1.04 bits per heavy atom. The topological polar surface area (TPSA) is 128 Å². The van der Waals surface area contributed by atoms with Crippen LogP contribution in [-0.2, 0) is 28.8 Å². The van der Waals surface area contributed by atoms with Crippen LogP contribution < -0.4 is 5.73 Å². The molecule has 260 valence electrons. The SMILES string of the molecule is C[C@@H]1C[C@H](CS(C)(=O)=O)O[C@H]2[C@H]1C1(C)CCC34CC35CC[C@H](O[C@H]3CN(C(=O)CC6CC6)CCO3)C(C)(C)[C@@H]5CCC4[C@]1(N)[C@H]2O. The summed E-state index contributed by atoms with van der Waals surface area (Å²) in [5.41, 5.74) is 6.98. The second-order valence-corrected chi connectivity index (χ2v) is 20.5. The van der Waals surface area contributed by atoms with Crippen LogP contribution in [0.2, 0.25) is 0 Å². The molecule has 8 aliphatic rings. The average molecular weight is 663 g/mol. The van der Waals surface area contributed by atoms with Gasteiger partial charge in [-0.05, 0) is 115 Å². The van der Waals surface area contributed by atoms with Crippen LogP contribution in [0.3, 0.4) is 0 Å². The van der Waals surface area contributed by atoms with Crippen molar-refractivity contribution in [2.24, 2.45) is 57.0 Å². The van der Waals surface area contributed by atoms with E-state index in [0.717, 1.165) is 38.5 Å². The summed E-state index contributed by atoms with van der Waals surface area (Å²) < 4.78 is 43.8. The van der Waals surface area contributed by atoms with E-state index in [9.17, 15) is 18.3 Å². The van der Waals surface area contributed by atoms with Crippen molar-refractivity contribution in [3.05, 3.63) is 0 Å². The molecule has 46 heavy (non-hydrogen) atoms. The van der Waals surface area contributed by atoms with Gasteiger partial charge in [-0.3, -0.25) is 4.79 Å². The van der Waals surface area contributed by atoms with Crippen molar-refractivity contribution in [2.75, 3.05) is 31.7 Å². The van der Waals surface area contributed by atoms with Gasteiger partial charge < -0.3 is 30.0 Å². The molecule has 0 bridgehead atoms. The molecule has 1 amide bonds. The molecule has 2 heterocycles. The van der Waals surface area contributed by atoms with Crippen LogP contribution in [0.1, 0.15) is 98.3 Å². The molecule has 8 fully saturated rings. The second-order valence-electron chi connectivity index (χ2n) is 18.3. The minimum Gasteiger partial charge on any atom is -0.388 e.